The van der Waals surface area contributed by atoms with Crippen molar-refractivity contribution < 1.29 is 18.0 Å². The van der Waals surface area contributed by atoms with Crippen molar-refractivity contribution in [3.63, 3.8) is 0 Å². The molecule has 1 aliphatic rings. The van der Waals surface area contributed by atoms with E-state index in [4.69, 9.17) is 0 Å². The summed E-state index contributed by atoms with van der Waals surface area (Å²) in [6.45, 7) is 4.69. The van der Waals surface area contributed by atoms with Gasteiger partial charge in [0.2, 0.25) is 0 Å². The molecule has 1 aliphatic heterocycles. The molecule has 0 radical (unpaired) electrons. The van der Waals surface area contributed by atoms with Crippen LogP contribution in [-0.2, 0) is 0 Å². The predicted octanol–water partition coefficient (Wildman–Crippen LogP) is 1.13. The number of hydrogen-bond donors (Lipinski definition) is 3. The van der Waals surface area contributed by atoms with E-state index in [1.807, 2.05) is 0 Å². The van der Waals surface area contributed by atoms with Gasteiger partial charge in [-0.2, -0.15) is 0 Å². The van der Waals surface area contributed by atoms with E-state index in [9.17, 15) is 18.0 Å². The van der Waals surface area contributed by atoms with Crippen molar-refractivity contribution >= 4 is 11.7 Å². The van der Waals surface area contributed by atoms with Crippen LogP contribution in [0.15, 0.2) is 12.1 Å². The lowest BCUT2D eigenvalue weighted by Gasteiger charge is -2.27. The highest BCUT2D eigenvalue weighted by molar-refractivity contribution is 5.89. The zero-order valence-electron chi connectivity index (χ0n) is 11.4. The number of carbonyl (C=O) groups excluding carboxylic acids is 1. The topological polar surface area (TPSA) is 56.4 Å². The Hall–Kier alpha value is -1.80. The number of urea groups is 1. The average Bonchev–Trinajstić information content (AvgIpc) is 2.49. The maximum atomic E-state index is 13.4. The molecule has 116 valence electrons. The number of nitrogens with zero attached hydrogens (tertiary/aromatic N) is 1. The van der Waals surface area contributed by atoms with Crippen LogP contribution in [-0.4, -0.2) is 50.2 Å². The summed E-state index contributed by atoms with van der Waals surface area (Å²) in [5.74, 6) is -4.31. The highest BCUT2D eigenvalue weighted by Crippen LogP contribution is 2.19. The Bertz CT molecular complexity index is 506. The number of amides is 2. The number of rotatable bonds is 4. The van der Waals surface area contributed by atoms with Crippen molar-refractivity contribution in [2.45, 2.75) is 0 Å². The standard InChI is InChI=1S/C13H17F3N4O/c14-9-1-2-10(12(16)11(9)15)19-13(21)18-5-8-20-6-3-17-4-7-20/h1-2,17H,3-8H2,(H2,18,19,21). The summed E-state index contributed by atoms with van der Waals surface area (Å²) in [4.78, 5) is 13.7. The van der Waals surface area contributed by atoms with Gasteiger partial charge in [-0.05, 0) is 12.1 Å². The Balaban J connectivity index is 1.78. The van der Waals surface area contributed by atoms with Gasteiger partial charge < -0.3 is 16.0 Å². The summed E-state index contributed by atoms with van der Waals surface area (Å²) in [5.41, 5.74) is -0.395. The Kier molecular flexibility index (Phi) is 5.40. The van der Waals surface area contributed by atoms with E-state index in [2.05, 4.69) is 20.9 Å². The van der Waals surface area contributed by atoms with E-state index in [1.165, 1.54) is 0 Å². The van der Waals surface area contributed by atoms with Crippen LogP contribution in [0.4, 0.5) is 23.7 Å². The van der Waals surface area contributed by atoms with Gasteiger partial charge in [0.15, 0.2) is 17.5 Å². The van der Waals surface area contributed by atoms with Crippen LogP contribution in [0, 0.1) is 17.5 Å². The zero-order valence-corrected chi connectivity index (χ0v) is 11.4. The minimum absolute atomic E-state index is 0.386. The first kappa shape index (κ1) is 15.6. The molecule has 1 aromatic carbocycles. The monoisotopic (exact) mass is 302 g/mol. The molecule has 0 saturated carbocycles. The van der Waals surface area contributed by atoms with Crippen LogP contribution in [0.2, 0.25) is 0 Å². The number of nitrogens with one attached hydrogen (secondary N) is 3. The van der Waals surface area contributed by atoms with Gasteiger partial charge in [-0.3, -0.25) is 4.90 Å². The SMILES string of the molecule is O=C(NCCN1CCNCC1)Nc1ccc(F)c(F)c1F. The van der Waals surface area contributed by atoms with Crippen molar-refractivity contribution in [1.82, 2.24) is 15.5 Å². The molecule has 2 rings (SSSR count). The first-order valence-corrected chi connectivity index (χ1v) is 6.69. The Morgan fingerprint density at radius 1 is 1.19 bits per heavy atom. The van der Waals surface area contributed by atoms with Gasteiger partial charge in [-0.1, -0.05) is 0 Å². The minimum atomic E-state index is -1.60. The van der Waals surface area contributed by atoms with Gasteiger partial charge in [0, 0.05) is 39.3 Å². The molecule has 1 heterocycles. The molecule has 8 heteroatoms. The molecule has 0 aromatic heterocycles. The largest absolute Gasteiger partial charge is 0.337 e. The summed E-state index contributed by atoms with van der Waals surface area (Å²) in [5, 5.41) is 7.91. The lowest BCUT2D eigenvalue weighted by Crippen LogP contribution is -2.46. The Morgan fingerprint density at radius 2 is 1.90 bits per heavy atom. The fourth-order valence-corrected chi connectivity index (χ4v) is 2.05. The molecule has 0 unspecified atom stereocenters. The molecule has 1 saturated heterocycles. The molecule has 3 N–H and O–H groups in total. The van der Waals surface area contributed by atoms with Gasteiger partial charge in [-0.15, -0.1) is 0 Å². The summed E-state index contributed by atoms with van der Waals surface area (Å²) in [7, 11) is 0. The van der Waals surface area contributed by atoms with Crippen molar-refractivity contribution in [3.8, 4) is 0 Å². The molecule has 0 atom stereocenters. The zero-order chi connectivity index (χ0) is 15.2. The lowest BCUT2D eigenvalue weighted by atomic mass is 10.3. The number of anilines is 1. The number of halogens is 3. The molecule has 2 amide bonds. The van der Waals surface area contributed by atoms with Crippen molar-refractivity contribution in [2.24, 2.45) is 0 Å². The summed E-state index contributed by atoms with van der Waals surface area (Å²) >= 11 is 0. The highest BCUT2D eigenvalue weighted by atomic mass is 19.2. The van der Waals surface area contributed by atoms with Crippen molar-refractivity contribution in [3.05, 3.63) is 29.6 Å². The third kappa shape index (κ3) is 4.33. The predicted molar refractivity (Wildman–Crippen MR) is 72.6 cm³/mol. The maximum absolute atomic E-state index is 13.4. The number of piperazine rings is 1. The van der Waals surface area contributed by atoms with E-state index in [-0.39, 0.29) is 0 Å². The van der Waals surface area contributed by atoms with E-state index in [0.717, 1.165) is 38.3 Å². The van der Waals surface area contributed by atoms with Crippen LogP contribution >= 0.6 is 0 Å². The summed E-state index contributed by atoms with van der Waals surface area (Å²) in [6.07, 6.45) is 0. The quantitative estimate of drug-likeness (QED) is 0.731. The van der Waals surface area contributed by atoms with Crippen molar-refractivity contribution in [2.75, 3.05) is 44.6 Å². The van der Waals surface area contributed by atoms with Crippen LogP contribution in [0.3, 0.4) is 0 Å². The molecular formula is C13H17F3N4O. The van der Waals surface area contributed by atoms with Crippen LogP contribution in [0.25, 0.3) is 0 Å². The number of carbonyl (C=O) groups is 1. The highest BCUT2D eigenvalue weighted by Gasteiger charge is 2.15. The van der Waals surface area contributed by atoms with Gasteiger partial charge >= 0.3 is 6.03 Å². The van der Waals surface area contributed by atoms with Crippen LogP contribution < -0.4 is 16.0 Å². The molecule has 0 aliphatic carbocycles. The van der Waals surface area contributed by atoms with Gasteiger partial charge in [-0.25, -0.2) is 18.0 Å². The first-order valence-electron chi connectivity index (χ1n) is 6.69. The van der Waals surface area contributed by atoms with Gasteiger partial charge in [0.1, 0.15) is 0 Å². The third-order valence-corrected chi connectivity index (χ3v) is 3.21. The average molecular weight is 302 g/mol. The second-order valence-corrected chi connectivity index (χ2v) is 4.70. The molecule has 0 spiro atoms. The second-order valence-electron chi connectivity index (χ2n) is 4.70. The second kappa shape index (κ2) is 7.28. The van der Waals surface area contributed by atoms with Gasteiger partial charge in [0.25, 0.3) is 0 Å². The molecule has 1 fully saturated rings. The van der Waals surface area contributed by atoms with E-state index in [1.54, 1.807) is 0 Å². The molecule has 21 heavy (non-hydrogen) atoms. The van der Waals surface area contributed by atoms with Crippen molar-refractivity contribution in [1.29, 1.82) is 0 Å². The fraction of sp³-hybridized carbons (Fsp3) is 0.462. The van der Waals surface area contributed by atoms with E-state index in [0.29, 0.717) is 13.1 Å². The minimum Gasteiger partial charge on any atom is -0.337 e. The Labute approximate surface area is 120 Å². The van der Waals surface area contributed by atoms with E-state index < -0.39 is 29.2 Å². The number of benzene rings is 1. The molecule has 5 nitrogen and oxygen atoms in total. The third-order valence-electron chi connectivity index (χ3n) is 3.21. The summed E-state index contributed by atoms with van der Waals surface area (Å²) in [6, 6.07) is 1.08. The number of hydrogen-bond acceptors (Lipinski definition) is 3. The fourth-order valence-electron chi connectivity index (χ4n) is 2.05. The molecular weight excluding hydrogens is 285 g/mol. The first-order chi connectivity index (χ1) is 10.1. The van der Waals surface area contributed by atoms with Crippen LogP contribution in [0.5, 0.6) is 0 Å². The smallest absolute Gasteiger partial charge is 0.319 e. The summed E-state index contributed by atoms with van der Waals surface area (Å²) < 4.78 is 39.1. The Morgan fingerprint density at radius 3 is 2.62 bits per heavy atom. The molecule has 1 aromatic rings. The van der Waals surface area contributed by atoms with Gasteiger partial charge in [0.05, 0.1) is 5.69 Å². The van der Waals surface area contributed by atoms with Crippen LogP contribution in [0.1, 0.15) is 0 Å². The molecule has 0 bridgehead atoms. The normalized spacial score (nSPS) is 15.8. The maximum Gasteiger partial charge on any atom is 0.319 e. The lowest BCUT2D eigenvalue weighted by molar-refractivity contribution is 0.233. The van der Waals surface area contributed by atoms with E-state index >= 15 is 0 Å².